The molecular weight excluding hydrogens is 380 g/mol. The predicted molar refractivity (Wildman–Crippen MR) is 115 cm³/mol. The zero-order valence-corrected chi connectivity index (χ0v) is 17.8. The van der Waals surface area contributed by atoms with Gasteiger partial charge in [0, 0.05) is 45.0 Å². The average Bonchev–Trinajstić information content (AvgIpc) is 3.06. The number of nitrogens with zero attached hydrogens (tertiary/aromatic N) is 4. The van der Waals surface area contributed by atoms with Crippen LogP contribution in [0.2, 0.25) is 0 Å². The zero-order chi connectivity index (χ0) is 21.1. The lowest BCUT2D eigenvalue weighted by atomic mass is 10.2. The molecule has 158 valence electrons. The first kappa shape index (κ1) is 20.2. The smallest absolute Gasteiger partial charge is 0.260 e. The number of aromatic nitrogens is 2. The van der Waals surface area contributed by atoms with E-state index < -0.39 is 0 Å². The van der Waals surface area contributed by atoms with Gasteiger partial charge in [-0.15, -0.1) is 0 Å². The van der Waals surface area contributed by atoms with Crippen molar-refractivity contribution in [2.24, 2.45) is 0 Å². The summed E-state index contributed by atoms with van der Waals surface area (Å²) in [6, 6.07) is 11.5. The van der Waals surface area contributed by atoms with Gasteiger partial charge < -0.3 is 18.8 Å². The van der Waals surface area contributed by atoms with Gasteiger partial charge in [0.15, 0.2) is 6.61 Å². The van der Waals surface area contributed by atoms with Crippen LogP contribution in [-0.2, 0) is 11.3 Å². The Kier molecular flexibility index (Phi) is 5.90. The number of hydrogen-bond donors (Lipinski definition) is 0. The predicted octanol–water partition coefficient (Wildman–Crippen LogP) is 2.68. The third-order valence-corrected chi connectivity index (χ3v) is 5.58. The fraction of sp³-hybridized carbons (Fsp3) is 0.391. The lowest BCUT2D eigenvalue weighted by Crippen LogP contribution is -2.49. The summed E-state index contributed by atoms with van der Waals surface area (Å²) in [5.74, 6) is 1.37. The largest absolute Gasteiger partial charge is 0.497 e. The van der Waals surface area contributed by atoms with Gasteiger partial charge in [-0.1, -0.05) is 6.07 Å². The van der Waals surface area contributed by atoms with E-state index in [4.69, 9.17) is 14.5 Å². The van der Waals surface area contributed by atoms with Crippen molar-refractivity contribution in [1.82, 2.24) is 19.2 Å². The number of imidazole rings is 1. The van der Waals surface area contributed by atoms with Gasteiger partial charge in [-0.2, -0.15) is 0 Å². The van der Waals surface area contributed by atoms with Gasteiger partial charge in [0.25, 0.3) is 5.91 Å². The van der Waals surface area contributed by atoms with Crippen molar-refractivity contribution < 1.29 is 14.3 Å². The molecule has 0 saturated carbocycles. The topological polar surface area (TPSA) is 59.3 Å². The molecule has 1 aromatic carbocycles. The van der Waals surface area contributed by atoms with Crippen molar-refractivity contribution in [2.45, 2.75) is 20.4 Å². The van der Waals surface area contributed by atoms with E-state index in [1.54, 1.807) is 13.2 Å². The highest BCUT2D eigenvalue weighted by molar-refractivity contribution is 5.77. The van der Waals surface area contributed by atoms with Crippen LogP contribution < -0.4 is 9.47 Å². The second kappa shape index (κ2) is 8.75. The van der Waals surface area contributed by atoms with E-state index in [1.165, 1.54) is 11.3 Å². The summed E-state index contributed by atoms with van der Waals surface area (Å²) in [6.45, 7) is 8.10. The molecule has 7 heteroatoms. The van der Waals surface area contributed by atoms with Gasteiger partial charge in [0.05, 0.1) is 18.5 Å². The summed E-state index contributed by atoms with van der Waals surface area (Å²) in [5, 5.41) is 0. The van der Waals surface area contributed by atoms with Crippen LogP contribution in [0.3, 0.4) is 0 Å². The van der Waals surface area contributed by atoms with Crippen molar-refractivity contribution in [2.75, 3.05) is 39.9 Å². The number of ether oxygens (including phenoxy) is 2. The lowest BCUT2D eigenvalue weighted by Gasteiger charge is -2.34. The number of hydrogen-bond acceptors (Lipinski definition) is 5. The Morgan fingerprint density at radius 1 is 1.07 bits per heavy atom. The van der Waals surface area contributed by atoms with Gasteiger partial charge in [-0.3, -0.25) is 9.69 Å². The van der Waals surface area contributed by atoms with Crippen molar-refractivity contribution in [3.05, 3.63) is 59.5 Å². The summed E-state index contributed by atoms with van der Waals surface area (Å²) in [4.78, 5) is 21.5. The van der Waals surface area contributed by atoms with E-state index in [1.807, 2.05) is 23.1 Å². The van der Waals surface area contributed by atoms with E-state index in [9.17, 15) is 4.79 Å². The molecular formula is C23H28N4O3. The maximum atomic E-state index is 12.5. The summed E-state index contributed by atoms with van der Waals surface area (Å²) in [7, 11) is 1.61. The Morgan fingerprint density at radius 3 is 2.60 bits per heavy atom. The maximum Gasteiger partial charge on any atom is 0.260 e. The molecule has 7 nitrogen and oxygen atoms in total. The number of carbonyl (C=O) groups excluding carboxylic acids is 1. The first-order chi connectivity index (χ1) is 14.5. The van der Waals surface area contributed by atoms with E-state index in [0.717, 1.165) is 31.0 Å². The van der Waals surface area contributed by atoms with Crippen LogP contribution in [0.5, 0.6) is 11.5 Å². The fourth-order valence-corrected chi connectivity index (χ4v) is 3.80. The number of rotatable bonds is 6. The highest BCUT2D eigenvalue weighted by Gasteiger charge is 2.23. The monoisotopic (exact) mass is 408 g/mol. The molecule has 0 atom stereocenters. The molecule has 4 rings (SSSR count). The molecule has 3 aromatic rings. The lowest BCUT2D eigenvalue weighted by molar-refractivity contribution is -0.135. The Balaban J connectivity index is 1.30. The minimum Gasteiger partial charge on any atom is -0.497 e. The maximum absolute atomic E-state index is 12.5. The molecule has 2 aromatic heterocycles. The van der Waals surface area contributed by atoms with Crippen LogP contribution in [-0.4, -0.2) is 65.0 Å². The summed E-state index contributed by atoms with van der Waals surface area (Å²) >= 11 is 0. The molecule has 1 saturated heterocycles. The Bertz CT molecular complexity index is 1040. The van der Waals surface area contributed by atoms with Crippen LogP contribution in [0.15, 0.2) is 42.6 Å². The van der Waals surface area contributed by atoms with E-state index >= 15 is 0 Å². The van der Waals surface area contributed by atoms with Crippen molar-refractivity contribution in [3.8, 4) is 11.5 Å². The third-order valence-electron chi connectivity index (χ3n) is 5.58. The molecule has 0 N–H and O–H groups in total. The molecule has 0 radical (unpaired) electrons. The third kappa shape index (κ3) is 4.41. The van der Waals surface area contributed by atoms with Crippen LogP contribution in [0.1, 0.15) is 17.0 Å². The number of benzene rings is 1. The van der Waals surface area contributed by atoms with Crippen molar-refractivity contribution in [1.29, 1.82) is 0 Å². The van der Waals surface area contributed by atoms with Gasteiger partial charge >= 0.3 is 0 Å². The summed E-state index contributed by atoms with van der Waals surface area (Å²) in [5.41, 5.74) is 4.48. The Labute approximate surface area is 176 Å². The quantitative estimate of drug-likeness (QED) is 0.628. The molecule has 0 spiro atoms. The van der Waals surface area contributed by atoms with Crippen LogP contribution in [0.4, 0.5) is 0 Å². The normalized spacial score (nSPS) is 14.8. The van der Waals surface area contributed by atoms with Gasteiger partial charge in [0.1, 0.15) is 17.1 Å². The average molecular weight is 409 g/mol. The van der Waals surface area contributed by atoms with Gasteiger partial charge in [-0.05, 0) is 43.7 Å². The van der Waals surface area contributed by atoms with Crippen LogP contribution in [0.25, 0.3) is 5.65 Å². The zero-order valence-electron chi connectivity index (χ0n) is 17.8. The summed E-state index contributed by atoms with van der Waals surface area (Å²) in [6.07, 6.45) is 2.09. The molecule has 3 heterocycles. The minimum absolute atomic E-state index is 0.0129. The van der Waals surface area contributed by atoms with Crippen LogP contribution in [0, 0.1) is 13.8 Å². The molecule has 1 fully saturated rings. The van der Waals surface area contributed by atoms with E-state index in [-0.39, 0.29) is 12.5 Å². The number of piperazine rings is 1. The molecule has 1 aliphatic heterocycles. The molecule has 1 aliphatic rings. The van der Waals surface area contributed by atoms with Gasteiger partial charge in [-0.25, -0.2) is 4.98 Å². The minimum atomic E-state index is 0.0129. The van der Waals surface area contributed by atoms with Crippen molar-refractivity contribution >= 4 is 11.6 Å². The van der Waals surface area contributed by atoms with Crippen LogP contribution >= 0.6 is 0 Å². The Hall–Kier alpha value is -3.06. The fourth-order valence-electron chi connectivity index (χ4n) is 3.80. The highest BCUT2D eigenvalue weighted by Crippen LogP contribution is 2.19. The standard InChI is InChI=1S/C23H28N4O3/c1-17-7-8-27-21(18(2)24-22(27)13-17)15-25-9-11-26(12-10-25)23(28)16-30-20-6-4-5-19(14-20)29-3/h4-8,13-14H,9-12,15-16H2,1-3H3. The SMILES string of the molecule is COc1cccc(OCC(=O)N2CCN(Cc3c(C)nc4cc(C)ccn34)CC2)c1. The molecule has 1 amide bonds. The van der Waals surface area contributed by atoms with E-state index in [2.05, 4.69) is 41.5 Å². The molecule has 30 heavy (non-hydrogen) atoms. The van der Waals surface area contributed by atoms with Crippen molar-refractivity contribution in [3.63, 3.8) is 0 Å². The number of aryl methyl sites for hydroxylation is 2. The van der Waals surface area contributed by atoms with E-state index in [0.29, 0.717) is 24.6 Å². The highest BCUT2D eigenvalue weighted by atomic mass is 16.5. The van der Waals surface area contributed by atoms with Gasteiger partial charge in [0.2, 0.25) is 0 Å². The first-order valence-electron chi connectivity index (χ1n) is 10.2. The number of fused-ring (bicyclic) bond motifs is 1. The Morgan fingerprint density at radius 2 is 1.83 bits per heavy atom. The number of carbonyl (C=O) groups is 1. The second-order valence-corrected chi connectivity index (χ2v) is 7.70. The first-order valence-corrected chi connectivity index (χ1v) is 10.2. The number of methoxy groups -OCH3 is 1. The second-order valence-electron chi connectivity index (χ2n) is 7.70. The molecule has 0 aliphatic carbocycles. The number of pyridine rings is 1. The summed E-state index contributed by atoms with van der Waals surface area (Å²) < 4.78 is 13.0. The number of amides is 1. The molecule has 0 unspecified atom stereocenters. The molecule has 0 bridgehead atoms.